The van der Waals surface area contributed by atoms with Gasteiger partial charge in [-0.2, -0.15) is 13.2 Å². The molecular weight excluding hydrogens is 365 g/mol. The number of hydrogen-bond acceptors (Lipinski definition) is 4. The highest BCUT2D eigenvalue weighted by Gasteiger charge is 2.33. The van der Waals surface area contributed by atoms with Crippen LogP contribution in [0.5, 0.6) is 0 Å². The Morgan fingerprint density at radius 2 is 1.79 bits per heavy atom. The van der Waals surface area contributed by atoms with Gasteiger partial charge in [0.15, 0.2) is 5.82 Å². The van der Waals surface area contributed by atoms with Crippen molar-refractivity contribution in [1.82, 2.24) is 14.9 Å². The topological polar surface area (TPSA) is 55.0 Å². The van der Waals surface area contributed by atoms with Crippen molar-refractivity contribution in [2.24, 2.45) is 0 Å². The average Bonchev–Trinajstić information content (AvgIpc) is 2.68. The molecule has 0 fully saturated rings. The van der Waals surface area contributed by atoms with Crippen LogP contribution in [0.25, 0.3) is 11.4 Å². The Morgan fingerprint density at radius 1 is 1.04 bits per heavy atom. The molecule has 7 heteroatoms. The number of halogens is 3. The maximum Gasteiger partial charge on any atom is 0.416 e. The molecular formula is C21H19F3N4. The molecule has 0 bridgehead atoms. The van der Waals surface area contributed by atoms with Gasteiger partial charge < -0.3 is 5.73 Å². The van der Waals surface area contributed by atoms with E-state index in [2.05, 4.69) is 9.97 Å². The summed E-state index contributed by atoms with van der Waals surface area (Å²) in [4.78, 5) is 11.1. The number of fused-ring (bicyclic) bond motifs is 1. The first kappa shape index (κ1) is 18.4. The molecule has 1 aliphatic rings. The molecule has 0 radical (unpaired) electrons. The number of nitrogens with two attached hydrogens (primary N) is 1. The summed E-state index contributed by atoms with van der Waals surface area (Å²) < 4.78 is 39.7. The summed E-state index contributed by atoms with van der Waals surface area (Å²) in [7, 11) is 0. The van der Waals surface area contributed by atoms with Gasteiger partial charge in [-0.3, -0.25) is 4.90 Å². The lowest BCUT2D eigenvalue weighted by Gasteiger charge is -2.29. The Hall–Kier alpha value is -2.93. The smallest absolute Gasteiger partial charge is 0.399 e. The van der Waals surface area contributed by atoms with Crippen molar-refractivity contribution >= 4 is 5.69 Å². The van der Waals surface area contributed by atoms with Crippen molar-refractivity contribution in [3.63, 3.8) is 0 Å². The summed E-state index contributed by atoms with van der Waals surface area (Å²) in [6.07, 6.45) is -1.90. The zero-order valence-corrected chi connectivity index (χ0v) is 15.1. The molecule has 3 aromatic rings. The van der Waals surface area contributed by atoms with Gasteiger partial charge in [-0.05, 0) is 35.9 Å². The van der Waals surface area contributed by atoms with Crippen molar-refractivity contribution in [2.45, 2.75) is 25.7 Å². The maximum absolute atomic E-state index is 13.2. The molecule has 4 nitrogen and oxygen atoms in total. The summed E-state index contributed by atoms with van der Waals surface area (Å²) in [5.74, 6) is 0.634. The van der Waals surface area contributed by atoms with Crippen LogP contribution in [0.4, 0.5) is 18.9 Å². The molecule has 2 aromatic carbocycles. The Morgan fingerprint density at radius 3 is 2.54 bits per heavy atom. The zero-order chi connectivity index (χ0) is 19.7. The zero-order valence-electron chi connectivity index (χ0n) is 15.1. The summed E-state index contributed by atoms with van der Waals surface area (Å²) in [5.41, 5.74) is 8.90. The summed E-state index contributed by atoms with van der Waals surface area (Å²) in [6.45, 7) is 1.43. The lowest BCUT2D eigenvalue weighted by atomic mass is 10.0. The van der Waals surface area contributed by atoms with E-state index >= 15 is 0 Å². The fraction of sp³-hybridized carbons (Fsp3) is 0.238. The van der Waals surface area contributed by atoms with E-state index in [1.165, 1.54) is 6.07 Å². The largest absolute Gasteiger partial charge is 0.416 e. The van der Waals surface area contributed by atoms with Crippen molar-refractivity contribution in [1.29, 1.82) is 0 Å². The van der Waals surface area contributed by atoms with E-state index in [1.807, 2.05) is 17.0 Å². The molecule has 0 unspecified atom stereocenters. The summed E-state index contributed by atoms with van der Waals surface area (Å²) in [6, 6.07) is 13.1. The van der Waals surface area contributed by atoms with E-state index in [-0.39, 0.29) is 12.1 Å². The molecule has 0 spiro atoms. The van der Waals surface area contributed by atoms with E-state index in [0.29, 0.717) is 31.0 Å². The predicted octanol–water partition coefficient (Wildman–Crippen LogP) is 4.30. The first-order valence-electron chi connectivity index (χ1n) is 8.98. The lowest BCUT2D eigenvalue weighted by molar-refractivity contribution is -0.138. The normalized spacial score (nSPS) is 14.7. The minimum Gasteiger partial charge on any atom is -0.399 e. The van der Waals surface area contributed by atoms with E-state index in [1.54, 1.807) is 30.5 Å². The monoisotopic (exact) mass is 384 g/mol. The molecule has 1 aromatic heterocycles. The second-order valence-corrected chi connectivity index (χ2v) is 6.90. The van der Waals surface area contributed by atoms with Crippen LogP contribution in [-0.4, -0.2) is 21.4 Å². The number of alkyl halides is 3. The molecule has 0 amide bonds. The van der Waals surface area contributed by atoms with E-state index in [4.69, 9.17) is 5.73 Å². The summed E-state index contributed by atoms with van der Waals surface area (Å²) >= 11 is 0. The predicted molar refractivity (Wildman–Crippen MR) is 101 cm³/mol. The van der Waals surface area contributed by atoms with Crippen molar-refractivity contribution in [3.8, 4) is 11.4 Å². The summed E-state index contributed by atoms with van der Waals surface area (Å²) in [5, 5.41) is 0. The van der Waals surface area contributed by atoms with Crippen LogP contribution in [0.3, 0.4) is 0 Å². The fourth-order valence-electron chi connectivity index (χ4n) is 3.46. The molecule has 28 heavy (non-hydrogen) atoms. The first-order chi connectivity index (χ1) is 13.4. The molecule has 0 saturated carbocycles. The number of nitrogen functional groups attached to an aromatic ring is 1. The van der Waals surface area contributed by atoms with Gasteiger partial charge in [-0.15, -0.1) is 0 Å². The van der Waals surface area contributed by atoms with Crippen LogP contribution in [-0.2, 0) is 25.7 Å². The Kier molecular flexibility index (Phi) is 4.77. The number of anilines is 1. The van der Waals surface area contributed by atoms with Crippen molar-refractivity contribution < 1.29 is 13.2 Å². The lowest BCUT2D eigenvalue weighted by Crippen LogP contribution is -2.31. The second kappa shape index (κ2) is 7.24. The SMILES string of the molecule is Nc1ccc(-c2ncc3c(n2)CCN(Cc2ccccc2C(F)(F)F)C3)cc1. The quantitative estimate of drug-likeness (QED) is 0.684. The highest BCUT2D eigenvalue weighted by Crippen LogP contribution is 2.33. The Bertz CT molecular complexity index is 984. The van der Waals surface area contributed by atoms with Gasteiger partial charge in [0.2, 0.25) is 0 Å². The van der Waals surface area contributed by atoms with Gasteiger partial charge in [-0.1, -0.05) is 18.2 Å². The number of rotatable bonds is 3. The minimum atomic E-state index is -4.35. The van der Waals surface area contributed by atoms with Gasteiger partial charge >= 0.3 is 6.18 Å². The third-order valence-corrected chi connectivity index (χ3v) is 4.90. The van der Waals surface area contributed by atoms with Crippen LogP contribution in [0.1, 0.15) is 22.4 Å². The van der Waals surface area contributed by atoms with Crippen molar-refractivity contribution in [3.05, 3.63) is 77.1 Å². The minimum absolute atomic E-state index is 0.245. The molecule has 2 heterocycles. The van der Waals surface area contributed by atoms with Crippen molar-refractivity contribution in [2.75, 3.05) is 12.3 Å². The number of nitrogens with zero attached hydrogens (tertiary/aromatic N) is 3. The van der Waals surface area contributed by atoms with Crippen LogP contribution in [0.2, 0.25) is 0 Å². The Labute approximate surface area is 160 Å². The molecule has 144 valence electrons. The maximum atomic E-state index is 13.2. The molecule has 4 rings (SSSR count). The molecule has 2 N–H and O–H groups in total. The number of aromatic nitrogens is 2. The number of hydrogen-bond donors (Lipinski definition) is 1. The van der Waals surface area contributed by atoms with Crippen LogP contribution < -0.4 is 5.73 Å². The molecule has 1 aliphatic heterocycles. The number of benzene rings is 2. The van der Waals surface area contributed by atoms with Gasteiger partial charge in [-0.25, -0.2) is 9.97 Å². The van der Waals surface area contributed by atoms with E-state index in [0.717, 1.165) is 22.9 Å². The van der Waals surface area contributed by atoms with Gasteiger partial charge in [0.05, 0.1) is 11.3 Å². The van der Waals surface area contributed by atoms with E-state index in [9.17, 15) is 13.2 Å². The van der Waals surface area contributed by atoms with Gasteiger partial charge in [0.25, 0.3) is 0 Å². The molecule has 0 aliphatic carbocycles. The highest BCUT2D eigenvalue weighted by molar-refractivity contribution is 5.58. The molecule has 0 atom stereocenters. The Balaban J connectivity index is 1.53. The highest BCUT2D eigenvalue weighted by atomic mass is 19.4. The van der Waals surface area contributed by atoms with Gasteiger partial charge in [0.1, 0.15) is 0 Å². The third kappa shape index (κ3) is 3.84. The standard InChI is InChI=1S/C21H19F3N4/c22-21(23,24)18-4-2-1-3-15(18)12-28-10-9-19-16(13-28)11-26-20(27-19)14-5-7-17(25)8-6-14/h1-8,11H,9-10,12-13,25H2. The third-order valence-electron chi connectivity index (χ3n) is 4.90. The average molecular weight is 384 g/mol. The second-order valence-electron chi connectivity index (χ2n) is 6.90. The van der Waals surface area contributed by atoms with Crippen LogP contribution in [0, 0.1) is 0 Å². The van der Waals surface area contributed by atoms with Crippen LogP contribution in [0.15, 0.2) is 54.7 Å². The van der Waals surface area contributed by atoms with E-state index < -0.39 is 11.7 Å². The molecule has 0 saturated heterocycles. The van der Waals surface area contributed by atoms with Gasteiger partial charge in [0, 0.05) is 49.1 Å². The van der Waals surface area contributed by atoms with Crippen LogP contribution >= 0.6 is 0 Å². The first-order valence-corrected chi connectivity index (χ1v) is 8.98. The fourth-order valence-corrected chi connectivity index (χ4v) is 3.46.